The van der Waals surface area contributed by atoms with Gasteiger partial charge in [-0.15, -0.1) is 0 Å². The maximum Gasteiger partial charge on any atom is 0.0736 e. The summed E-state index contributed by atoms with van der Waals surface area (Å²) in [5.74, 6) is 0.658. The van der Waals surface area contributed by atoms with Gasteiger partial charge >= 0.3 is 0 Å². The highest BCUT2D eigenvalue weighted by molar-refractivity contribution is 5.50. The van der Waals surface area contributed by atoms with Crippen molar-refractivity contribution in [1.82, 2.24) is 0 Å². The molecule has 2 heteroatoms. The molecule has 0 saturated heterocycles. The number of ether oxygens (including phenoxy) is 1. The van der Waals surface area contributed by atoms with Gasteiger partial charge in [0.25, 0.3) is 0 Å². The second kappa shape index (κ2) is 6.46. The molecule has 0 amide bonds. The summed E-state index contributed by atoms with van der Waals surface area (Å²) in [7, 11) is 0. The van der Waals surface area contributed by atoms with Crippen molar-refractivity contribution in [3.05, 3.63) is 29.8 Å². The van der Waals surface area contributed by atoms with Crippen LogP contribution in [-0.4, -0.2) is 13.2 Å². The summed E-state index contributed by atoms with van der Waals surface area (Å²) >= 11 is 0. The van der Waals surface area contributed by atoms with Crippen LogP contribution in [0.5, 0.6) is 0 Å². The van der Waals surface area contributed by atoms with Gasteiger partial charge in [-0.1, -0.05) is 32.0 Å². The Morgan fingerprint density at radius 2 is 2.00 bits per heavy atom. The lowest BCUT2D eigenvalue weighted by atomic mass is 10.1. The van der Waals surface area contributed by atoms with E-state index in [1.165, 1.54) is 11.3 Å². The van der Waals surface area contributed by atoms with Crippen molar-refractivity contribution in [3.63, 3.8) is 0 Å². The second-order valence-corrected chi connectivity index (χ2v) is 4.07. The van der Waals surface area contributed by atoms with Crippen molar-refractivity contribution in [3.8, 4) is 0 Å². The minimum atomic E-state index is 0.658. The molecule has 1 aromatic carbocycles. The molecule has 0 spiro atoms. The molecular weight excluding hydrogens is 186 g/mol. The van der Waals surface area contributed by atoms with E-state index in [-0.39, 0.29) is 0 Å². The third-order valence-corrected chi connectivity index (χ3v) is 2.18. The topological polar surface area (TPSA) is 21.3 Å². The minimum Gasteiger partial charge on any atom is -0.384 e. The zero-order valence-corrected chi connectivity index (χ0v) is 9.92. The Labute approximate surface area is 92.6 Å². The Bertz CT molecular complexity index is 284. The molecule has 0 bridgehead atoms. The summed E-state index contributed by atoms with van der Waals surface area (Å²) in [6.45, 7) is 8.89. The van der Waals surface area contributed by atoms with Gasteiger partial charge < -0.3 is 10.1 Å². The second-order valence-electron chi connectivity index (χ2n) is 4.07. The molecule has 0 aromatic heterocycles. The molecule has 0 radical (unpaired) electrons. The fraction of sp³-hybridized carbons (Fsp3) is 0.538. The van der Waals surface area contributed by atoms with Gasteiger partial charge in [0.15, 0.2) is 0 Å². The summed E-state index contributed by atoms with van der Waals surface area (Å²) < 4.78 is 5.43. The molecule has 1 N–H and O–H groups in total. The van der Waals surface area contributed by atoms with E-state index < -0.39 is 0 Å². The Hall–Kier alpha value is -1.02. The highest BCUT2D eigenvalue weighted by atomic mass is 16.5. The lowest BCUT2D eigenvalue weighted by Gasteiger charge is -2.13. The SMILES string of the molecule is CCOCc1ccccc1NCC(C)C. The van der Waals surface area contributed by atoms with Crippen LogP contribution in [0.1, 0.15) is 26.3 Å². The Morgan fingerprint density at radius 3 is 2.67 bits per heavy atom. The van der Waals surface area contributed by atoms with Crippen LogP contribution in [0.15, 0.2) is 24.3 Å². The molecule has 0 atom stereocenters. The maximum absolute atomic E-state index is 5.43. The van der Waals surface area contributed by atoms with E-state index in [9.17, 15) is 0 Å². The first-order chi connectivity index (χ1) is 7.24. The van der Waals surface area contributed by atoms with Crippen molar-refractivity contribution in [2.75, 3.05) is 18.5 Å². The highest BCUT2D eigenvalue weighted by Crippen LogP contribution is 2.16. The molecule has 0 unspecified atom stereocenters. The number of anilines is 1. The predicted molar refractivity (Wildman–Crippen MR) is 65.1 cm³/mol. The maximum atomic E-state index is 5.43. The van der Waals surface area contributed by atoms with Gasteiger partial charge in [0.2, 0.25) is 0 Å². The molecule has 84 valence electrons. The van der Waals surface area contributed by atoms with Crippen LogP contribution >= 0.6 is 0 Å². The summed E-state index contributed by atoms with van der Waals surface area (Å²) in [6.07, 6.45) is 0. The normalized spacial score (nSPS) is 10.7. The molecule has 1 rings (SSSR count). The highest BCUT2D eigenvalue weighted by Gasteiger charge is 2.01. The Kier molecular flexibility index (Phi) is 5.19. The molecule has 2 nitrogen and oxygen atoms in total. The standard InChI is InChI=1S/C13H21NO/c1-4-15-10-12-7-5-6-8-13(12)14-9-11(2)3/h5-8,11,14H,4,9-10H2,1-3H3. The fourth-order valence-corrected chi connectivity index (χ4v) is 1.34. The Balaban J connectivity index is 2.59. The first kappa shape index (κ1) is 12.1. The van der Waals surface area contributed by atoms with E-state index in [1.54, 1.807) is 0 Å². The van der Waals surface area contributed by atoms with Crippen molar-refractivity contribution in [2.45, 2.75) is 27.4 Å². The molecule has 0 saturated carbocycles. The number of para-hydroxylation sites is 1. The minimum absolute atomic E-state index is 0.658. The third-order valence-electron chi connectivity index (χ3n) is 2.18. The van der Waals surface area contributed by atoms with Crippen LogP contribution in [0.4, 0.5) is 5.69 Å². The van der Waals surface area contributed by atoms with E-state index in [2.05, 4.69) is 43.4 Å². The summed E-state index contributed by atoms with van der Waals surface area (Å²) in [6, 6.07) is 8.32. The first-order valence-corrected chi connectivity index (χ1v) is 5.63. The quantitative estimate of drug-likeness (QED) is 0.773. The summed E-state index contributed by atoms with van der Waals surface area (Å²) in [5, 5.41) is 3.44. The van der Waals surface area contributed by atoms with Crippen molar-refractivity contribution in [2.24, 2.45) is 5.92 Å². The number of nitrogens with one attached hydrogen (secondary N) is 1. The van der Waals surface area contributed by atoms with Crippen molar-refractivity contribution < 1.29 is 4.74 Å². The number of hydrogen-bond acceptors (Lipinski definition) is 2. The summed E-state index contributed by atoms with van der Waals surface area (Å²) in [4.78, 5) is 0. The molecule has 1 aromatic rings. The van der Waals surface area contributed by atoms with Gasteiger partial charge in [0, 0.05) is 24.4 Å². The van der Waals surface area contributed by atoms with Crippen LogP contribution in [0.25, 0.3) is 0 Å². The van der Waals surface area contributed by atoms with Crippen molar-refractivity contribution in [1.29, 1.82) is 0 Å². The molecule has 0 fully saturated rings. The van der Waals surface area contributed by atoms with Crippen LogP contribution in [-0.2, 0) is 11.3 Å². The molecule has 15 heavy (non-hydrogen) atoms. The number of hydrogen-bond donors (Lipinski definition) is 1. The van der Waals surface area contributed by atoms with Crippen LogP contribution < -0.4 is 5.32 Å². The van der Waals surface area contributed by atoms with Gasteiger partial charge in [-0.05, 0) is 18.9 Å². The van der Waals surface area contributed by atoms with Gasteiger partial charge in [-0.25, -0.2) is 0 Å². The first-order valence-electron chi connectivity index (χ1n) is 5.63. The molecule has 0 aliphatic rings. The molecular formula is C13H21NO. The van der Waals surface area contributed by atoms with Crippen LogP contribution in [0.2, 0.25) is 0 Å². The van der Waals surface area contributed by atoms with E-state index in [1.807, 2.05) is 6.92 Å². The van der Waals surface area contributed by atoms with Crippen molar-refractivity contribution >= 4 is 5.69 Å². The Morgan fingerprint density at radius 1 is 1.27 bits per heavy atom. The monoisotopic (exact) mass is 207 g/mol. The smallest absolute Gasteiger partial charge is 0.0736 e. The van der Waals surface area contributed by atoms with Gasteiger partial charge in [0.1, 0.15) is 0 Å². The molecule has 0 heterocycles. The van der Waals surface area contributed by atoms with Gasteiger partial charge in [-0.3, -0.25) is 0 Å². The zero-order chi connectivity index (χ0) is 11.1. The fourth-order valence-electron chi connectivity index (χ4n) is 1.34. The zero-order valence-electron chi connectivity index (χ0n) is 9.92. The van der Waals surface area contributed by atoms with E-state index in [0.29, 0.717) is 12.5 Å². The van der Waals surface area contributed by atoms with Gasteiger partial charge in [-0.2, -0.15) is 0 Å². The third kappa shape index (κ3) is 4.34. The lowest BCUT2D eigenvalue weighted by molar-refractivity contribution is 0.134. The number of rotatable bonds is 6. The van der Waals surface area contributed by atoms with Gasteiger partial charge in [0.05, 0.1) is 6.61 Å². The predicted octanol–water partition coefficient (Wildman–Crippen LogP) is 3.29. The van der Waals surface area contributed by atoms with E-state index in [0.717, 1.165) is 13.2 Å². The summed E-state index contributed by atoms with van der Waals surface area (Å²) in [5.41, 5.74) is 2.43. The molecule has 0 aliphatic carbocycles. The molecule has 0 aliphatic heterocycles. The largest absolute Gasteiger partial charge is 0.384 e. The van der Waals surface area contributed by atoms with E-state index in [4.69, 9.17) is 4.74 Å². The van der Waals surface area contributed by atoms with E-state index >= 15 is 0 Å². The average Bonchev–Trinajstić information content (AvgIpc) is 2.24. The van der Waals surface area contributed by atoms with Crippen LogP contribution in [0, 0.1) is 5.92 Å². The van der Waals surface area contributed by atoms with Crippen LogP contribution in [0.3, 0.4) is 0 Å². The average molecular weight is 207 g/mol. The lowest BCUT2D eigenvalue weighted by Crippen LogP contribution is -2.10. The number of benzene rings is 1.